The summed E-state index contributed by atoms with van der Waals surface area (Å²) in [5.41, 5.74) is 2.58. The van der Waals surface area contributed by atoms with Crippen LogP contribution in [0.25, 0.3) is 0 Å². The van der Waals surface area contributed by atoms with E-state index in [-0.39, 0.29) is 11.9 Å². The van der Waals surface area contributed by atoms with Crippen LogP contribution in [0.5, 0.6) is 0 Å². The Balaban J connectivity index is 2.34. The highest BCUT2D eigenvalue weighted by Crippen LogP contribution is 2.31. The summed E-state index contributed by atoms with van der Waals surface area (Å²) in [5, 5.41) is 9.15. The van der Waals surface area contributed by atoms with Crippen molar-refractivity contribution in [3.8, 4) is 0 Å². The van der Waals surface area contributed by atoms with Crippen LogP contribution in [0.15, 0.2) is 18.2 Å². The van der Waals surface area contributed by atoms with E-state index in [1.165, 1.54) is 4.90 Å². The topological polar surface area (TPSA) is 57.6 Å². The molecule has 1 aliphatic rings. The van der Waals surface area contributed by atoms with Crippen molar-refractivity contribution in [1.82, 2.24) is 4.90 Å². The van der Waals surface area contributed by atoms with Crippen LogP contribution in [-0.2, 0) is 4.79 Å². The van der Waals surface area contributed by atoms with Gasteiger partial charge in [0, 0.05) is 11.6 Å². The molecule has 0 aromatic heterocycles. The standard InChI is InChI=1S/C15H19NO3/c1-9-5-4-6-13(10(9)2)14(17)16(12-7-8-12)11(3)15(18)19/h4-6,11-12H,7-8H2,1-3H3,(H,18,19). The summed E-state index contributed by atoms with van der Waals surface area (Å²) in [4.78, 5) is 25.3. The Kier molecular flexibility index (Phi) is 3.60. The van der Waals surface area contributed by atoms with Crippen LogP contribution in [0.1, 0.15) is 41.3 Å². The van der Waals surface area contributed by atoms with Gasteiger partial charge in [-0.2, -0.15) is 0 Å². The molecule has 1 amide bonds. The molecule has 0 aliphatic heterocycles. The van der Waals surface area contributed by atoms with Crippen molar-refractivity contribution in [2.45, 2.75) is 45.7 Å². The summed E-state index contributed by atoms with van der Waals surface area (Å²) in [6.07, 6.45) is 1.79. The molecule has 0 bridgehead atoms. The predicted octanol–water partition coefficient (Wildman–Crippen LogP) is 2.38. The summed E-state index contributed by atoms with van der Waals surface area (Å²) in [6, 6.07) is 4.87. The Morgan fingerprint density at radius 2 is 1.95 bits per heavy atom. The lowest BCUT2D eigenvalue weighted by molar-refractivity contribution is -0.141. The van der Waals surface area contributed by atoms with Gasteiger partial charge in [0.1, 0.15) is 6.04 Å². The van der Waals surface area contributed by atoms with Crippen molar-refractivity contribution in [3.63, 3.8) is 0 Å². The van der Waals surface area contributed by atoms with Crippen molar-refractivity contribution < 1.29 is 14.7 Å². The highest BCUT2D eigenvalue weighted by molar-refractivity contribution is 5.98. The monoisotopic (exact) mass is 261 g/mol. The molecule has 0 radical (unpaired) electrons. The number of carboxylic acid groups (broad SMARTS) is 1. The van der Waals surface area contributed by atoms with Gasteiger partial charge >= 0.3 is 5.97 Å². The van der Waals surface area contributed by atoms with E-state index < -0.39 is 12.0 Å². The summed E-state index contributed by atoms with van der Waals surface area (Å²) in [7, 11) is 0. The first-order chi connectivity index (χ1) is 8.93. The first kappa shape index (κ1) is 13.6. The van der Waals surface area contributed by atoms with E-state index in [1.54, 1.807) is 13.0 Å². The minimum absolute atomic E-state index is 0.0820. The molecule has 4 nitrogen and oxygen atoms in total. The molecule has 1 N–H and O–H groups in total. The van der Waals surface area contributed by atoms with Crippen LogP contribution in [0.3, 0.4) is 0 Å². The fourth-order valence-corrected chi connectivity index (χ4v) is 2.25. The Morgan fingerprint density at radius 1 is 1.32 bits per heavy atom. The largest absolute Gasteiger partial charge is 0.480 e. The minimum atomic E-state index is -0.953. The molecule has 1 atom stereocenters. The molecule has 0 saturated heterocycles. The van der Waals surface area contributed by atoms with Crippen LogP contribution in [0.4, 0.5) is 0 Å². The molecule has 102 valence electrons. The molecule has 4 heteroatoms. The quantitative estimate of drug-likeness (QED) is 0.905. The van der Waals surface area contributed by atoms with E-state index in [4.69, 9.17) is 5.11 Å². The van der Waals surface area contributed by atoms with Crippen LogP contribution in [0.2, 0.25) is 0 Å². The molecular formula is C15H19NO3. The average Bonchev–Trinajstić information content (AvgIpc) is 3.17. The predicted molar refractivity (Wildman–Crippen MR) is 72.2 cm³/mol. The van der Waals surface area contributed by atoms with Crippen LogP contribution < -0.4 is 0 Å². The first-order valence-electron chi connectivity index (χ1n) is 6.55. The Bertz CT molecular complexity index is 520. The molecule has 19 heavy (non-hydrogen) atoms. The van der Waals surface area contributed by atoms with Gasteiger partial charge < -0.3 is 10.0 Å². The number of hydrogen-bond donors (Lipinski definition) is 1. The summed E-state index contributed by atoms with van der Waals surface area (Å²) < 4.78 is 0. The second kappa shape index (κ2) is 5.03. The summed E-state index contributed by atoms with van der Waals surface area (Å²) in [6.45, 7) is 5.43. The second-order valence-electron chi connectivity index (χ2n) is 5.21. The SMILES string of the molecule is Cc1cccc(C(=O)N(C2CC2)C(C)C(=O)O)c1C. The maximum Gasteiger partial charge on any atom is 0.326 e. The van der Waals surface area contributed by atoms with E-state index in [9.17, 15) is 9.59 Å². The van der Waals surface area contributed by atoms with Crippen LogP contribution in [0, 0.1) is 13.8 Å². The number of rotatable bonds is 4. The molecule has 1 saturated carbocycles. The molecule has 1 unspecified atom stereocenters. The van der Waals surface area contributed by atoms with Crippen LogP contribution in [-0.4, -0.2) is 34.0 Å². The molecule has 1 aliphatic carbocycles. The van der Waals surface area contributed by atoms with Gasteiger partial charge in [-0.3, -0.25) is 4.79 Å². The second-order valence-corrected chi connectivity index (χ2v) is 5.21. The Labute approximate surface area is 113 Å². The van der Waals surface area contributed by atoms with E-state index >= 15 is 0 Å². The molecule has 0 spiro atoms. The lowest BCUT2D eigenvalue weighted by atomic mass is 10.0. The Morgan fingerprint density at radius 3 is 2.47 bits per heavy atom. The number of carbonyl (C=O) groups is 2. The van der Waals surface area contributed by atoms with Gasteiger partial charge in [0.15, 0.2) is 0 Å². The molecule has 0 heterocycles. The van der Waals surface area contributed by atoms with Gasteiger partial charge in [0.25, 0.3) is 5.91 Å². The van der Waals surface area contributed by atoms with E-state index in [0.29, 0.717) is 5.56 Å². The highest BCUT2D eigenvalue weighted by atomic mass is 16.4. The van der Waals surface area contributed by atoms with Crippen molar-refractivity contribution >= 4 is 11.9 Å². The maximum absolute atomic E-state index is 12.6. The van der Waals surface area contributed by atoms with E-state index in [0.717, 1.165) is 24.0 Å². The minimum Gasteiger partial charge on any atom is -0.480 e. The lowest BCUT2D eigenvalue weighted by Crippen LogP contribution is -2.45. The number of carboxylic acids is 1. The van der Waals surface area contributed by atoms with Gasteiger partial charge in [-0.25, -0.2) is 4.79 Å². The fraction of sp³-hybridized carbons (Fsp3) is 0.467. The lowest BCUT2D eigenvalue weighted by Gasteiger charge is -2.27. The molecule has 1 aromatic carbocycles. The number of aliphatic carboxylic acids is 1. The molecular weight excluding hydrogens is 242 g/mol. The number of nitrogens with zero attached hydrogens (tertiary/aromatic N) is 1. The first-order valence-corrected chi connectivity index (χ1v) is 6.55. The van der Waals surface area contributed by atoms with Gasteiger partial charge in [0.2, 0.25) is 0 Å². The van der Waals surface area contributed by atoms with Gasteiger partial charge in [-0.1, -0.05) is 12.1 Å². The number of benzene rings is 1. The van der Waals surface area contributed by atoms with Crippen molar-refractivity contribution in [2.75, 3.05) is 0 Å². The third-order valence-electron chi connectivity index (χ3n) is 3.78. The van der Waals surface area contributed by atoms with Gasteiger partial charge in [0.05, 0.1) is 0 Å². The number of hydrogen-bond acceptors (Lipinski definition) is 2. The van der Waals surface area contributed by atoms with Crippen molar-refractivity contribution in [1.29, 1.82) is 0 Å². The number of aryl methyl sites for hydroxylation is 1. The third-order valence-corrected chi connectivity index (χ3v) is 3.78. The summed E-state index contributed by atoms with van der Waals surface area (Å²) in [5.74, 6) is -1.12. The van der Waals surface area contributed by atoms with E-state index in [2.05, 4.69) is 0 Å². The Hall–Kier alpha value is -1.84. The number of carbonyl (C=O) groups excluding carboxylic acids is 1. The maximum atomic E-state index is 12.6. The summed E-state index contributed by atoms with van der Waals surface area (Å²) >= 11 is 0. The van der Waals surface area contributed by atoms with Gasteiger partial charge in [-0.05, 0) is 50.8 Å². The zero-order valence-corrected chi connectivity index (χ0v) is 11.5. The fourth-order valence-electron chi connectivity index (χ4n) is 2.25. The van der Waals surface area contributed by atoms with Crippen LogP contribution >= 0.6 is 0 Å². The van der Waals surface area contributed by atoms with Gasteiger partial charge in [-0.15, -0.1) is 0 Å². The zero-order chi connectivity index (χ0) is 14.2. The highest BCUT2D eigenvalue weighted by Gasteiger charge is 2.39. The number of amides is 1. The molecule has 2 rings (SSSR count). The normalized spacial score (nSPS) is 15.9. The zero-order valence-electron chi connectivity index (χ0n) is 11.5. The van der Waals surface area contributed by atoms with Crippen molar-refractivity contribution in [3.05, 3.63) is 34.9 Å². The smallest absolute Gasteiger partial charge is 0.326 e. The molecule has 1 fully saturated rings. The molecule has 1 aromatic rings. The third kappa shape index (κ3) is 2.62. The van der Waals surface area contributed by atoms with Crippen molar-refractivity contribution in [2.24, 2.45) is 0 Å². The average molecular weight is 261 g/mol. The van der Waals surface area contributed by atoms with E-state index in [1.807, 2.05) is 26.0 Å².